The molecule has 0 radical (unpaired) electrons. The quantitative estimate of drug-likeness (QED) is 0.0423. The maximum Gasteiger partial charge on any atom is 0.336 e. The molecule has 1 aliphatic rings. The average Bonchev–Trinajstić information content (AvgIpc) is 3.09. The molecule has 10 N–H and O–H groups in total. The van der Waals surface area contributed by atoms with Crippen molar-refractivity contribution in [3.63, 3.8) is 0 Å². The molecule has 0 unspecified atom stereocenters. The average molecular weight is 710 g/mol. The summed E-state index contributed by atoms with van der Waals surface area (Å²) < 4.78 is 11.4. The van der Waals surface area contributed by atoms with Crippen LogP contribution in [0.15, 0.2) is 72.8 Å². The smallest absolute Gasteiger partial charge is 0.336 e. The molecule has 0 aliphatic heterocycles. The van der Waals surface area contributed by atoms with Gasteiger partial charge in [0.2, 0.25) is 5.60 Å². The van der Waals surface area contributed by atoms with E-state index in [0.717, 1.165) is 48.0 Å². The number of aryl methyl sites for hydroxylation is 1. The van der Waals surface area contributed by atoms with Crippen LogP contribution in [0.4, 0.5) is 0 Å². The summed E-state index contributed by atoms with van der Waals surface area (Å²) in [6.07, 6.45) is -4.68. The number of benzene rings is 3. The Morgan fingerprint density at radius 1 is 0.922 bits per heavy atom. The van der Waals surface area contributed by atoms with Gasteiger partial charge in [-0.05, 0) is 73.0 Å². The molecule has 1 fully saturated rings. The molecule has 272 valence electrons. The van der Waals surface area contributed by atoms with Crippen LogP contribution >= 0.6 is 0 Å². The molecule has 0 bridgehead atoms. The standard InChI is InChI=1S/C36H39NO14/c1-3-19-5-4-6-21(13-19)14-23-32(50-31(45)17-26(40)22-9-11-25(39)28(42)16-22)36(33(46)37-2,29(43)18-35(23,49)34(47)48)51-30(44)12-8-20-7-10-24(38)27(41)15-20/h4-13,15-17,23,29,32-33,37-43,46,49H,3,14,18H2,1-2H3,(H,47,48)/b12-8+,26-17-/t23-,29+,32+,33+,35+,36-/m0/s1. The lowest BCUT2D eigenvalue weighted by Crippen LogP contribution is -2.76. The van der Waals surface area contributed by atoms with Gasteiger partial charge in [0.15, 0.2) is 40.9 Å². The van der Waals surface area contributed by atoms with Gasteiger partial charge in [0.25, 0.3) is 0 Å². The fourth-order valence-corrected chi connectivity index (χ4v) is 6.09. The molecule has 0 amide bonds. The zero-order valence-corrected chi connectivity index (χ0v) is 27.5. The van der Waals surface area contributed by atoms with Gasteiger partial charge in [0.05, 0.1) is 6.08 Å². The van der Waals surface area contributed by atoms with Crippen molar-refractivity contribution in [1.82, 2.24) is 5.32 Å². The third kappa shape index (κ3) is 8.07. The monoisotopic (exact) mass is 709 g/mol. The van der Waals surface area contributed by atoms with E-state index >= 15 is 0 Å². The number of aromatic hydroxyl groups is 4. The minimum Gasteiger partial charge on any atom is -0.507 e. The van der Waals surface area contributed by atoms with E-state index in [2.05, 4.69) is 5.32 Å². The maximum absolute atomic E-state index is 13.5. The molecule has 51 heavy (non-hydrogen) atoms. The number of phenolic OH excluding ortho intramolecular Hbond substituents is 4. The second-order valence-electron chi connectivity index (χ2n) is 12.1. The largest absolute Gasteiger partial charge is 0.507 e. The summed E-state index contributed by atoms with van der Waals surface area (Å²) in [5.74, 6) is -9.05. The Morgan fingerprint density at radius 3 is 2.18 bits per heavy atom. The number of hydrogen-bond acceptors (Lipinski definition) is 14. The minimum absolute atomic E-state index is 0.153. The lowest BCUT2D eigenvalue weighted by Gasteiger charge is -2.54. The summed E-state index contributed by atoms with van der Waals surface area (Å²) in [5.41, 5.74) is -4.20. The number of rotatable bonds is 12. The van der Waals surface area contributed by atoms with Gasteiger partial charge in [0, 0.05) is 24.0 Å². The van der Waals surface area contributed by atoms with Crippen molar-refractivity contribution in [3.8, 4) is 23.0 Å². The van der Waals surface area contributed by atoms with Gasteiger partial charge < -0.3 is 55.4 Å². The summed E-state index contributed by atoms with van der Waals surface area (Å²) in [5, 5.41) is 97.0. The fourth-order valence-electron chi connectivity index (χ4n) is 6.09. The number of carboxylic acid groups (broad SMARTS) is 1. The number of phenols is 4. The minimum atomic E-state index is -2.84. The van der Waals surface area contributed by atoms with E-state index in [4.69, 9.17) is 9.47 Å². The number of hydrogen-bond donors (Lipinski definition) is 10. The summed E-state index contributed by atoms with van der Waals surface area (Å²) in [6, 6.07) is 13.6. The predicted octanol–water partition coefficient (Wildman–Crippen LogP) is 1.85. The normalized spacial score (nSPS) is 24.2. The van der Waals surface area contributed by atoms with Crippen LogP contribution in [0.5, 0.6) is 23.0 Å². The van der Waals surface area contributed by atoms with Gasteiger partial charge in [-0.15, -0.1) is 0 Å². The molecule has 3 aromatic carbocycles. The first-order valence-electron chi connectivity index (χ1n) is 15.7. The van der Waals surface area contributed by atoms with Crippen molar-refractivity contribution in [2.75, 3.05) is 7.05 Å². The van der Waals surface area contributed by atoms with Crippen LogP contribution in [-0.2, 0) is 36.7 Å². The first-order valence-corrected chi connectivity index (χ1v) is 15.7. The molecule has 0 spiro atoms. The Labute approximate surface area is 291 Å². The molecule has 3 aromatic rings. The third-order valence-electron chi connectivity index (χ3n) is 8.83. The van der Waals surface area contributed by atoms with E-state index in [1.165, 1.54) is 13.1 Å². The molecule has 15 nitrogen and oxygen atoms in total. The van der Waals surface area contributed by atoms with Gasteiger partial charge in [-0.1, -0.05) is 37.3 Å². The van der Waals surface area contributed by atoms with Crippen molar-refractivity contribution >= 4 is 29.7 Å². The molecule has 4 rings (SSSR count). The first-order chi connectivity index (χ1) is 24.0. The number of carbonyl (C=O) groups is 3. The van der Waals surface area contributed by atoms with E-state index in [9.17, 15) is 60.3 Å². The molecular weight excluding hydrogens is 670 g/mol. The van der Waals surface area contributed by atoms with E-state index in [-0.39, 0.29) is 17.5 Å². The van der Waals surface area contributed by atoms with E-state index in [1.807, 2.05) is 6.92 Å². The second-order valence-corrected chi connectivity index (χ2v) is 12.1. The van der Waals surface area contributed by atoms with Crippen molar-refractivity contribution in [3.05, 3.63) is 95.1 Å². The Hall–Kier alpha value is -5.61. The molecule has 15 heteroatoms. The number of aliphatic hydroxyl groups excluding tert-OH is 3. The first kappa shape index (κ1) is 38.2. The number of nitrogens with one attached hydrogen (secondary N) is 1. The van der Waals surface area contributed by atoms with Gasteiger partial charge in [-0.3, -0.25) is 5.32 Å². The van der Waals surface area contributed by atoms with Gasteiger partial charge in [-0.2, -0.15) is 0 Å². The van der Waals surface area contributed by atoms with Crippen molar-refractivity contribution in [1.29, 1.82) is 0 Å². The molecule has 1 aliphatic carbocycles. The van der Waals surface area contributed by atoms with Gasteiger partial charge in [-0.25, -0.2) is 14.4 Å². The maximum atomic E-state index is 13.5. The molecule has 0 heterocycles. The highest BCUT2D eigenvalue weighted by Crippen LogP contribution is 2.47. The van der Waals surface area contributed by atoms with Crippen LogP contribution in [0.3, 0.4) is 0 Å². The summed E-state index contributed by atoms with van der Waals surface area (Å²) in [4.78, 5) is 39.7. The lowest BCUT2D eigenvalue weighted by atomic mass is 9.62. The topological polar surface area (TPSA) is 264 Å². The fraction of sp³-hybridized carbons (Fsp3) is 0.306. The summed E-state index contributed by atoms with van der Waals surface area (Å²) in [6.45, 7) is 1.88. The van der Waals surface area contributed by atoms with Crippen molar-refractivity contribution in [2.24, 2.45) is 5.92 Å². The lowest BCUT2D eigenvalue weighted by molar-refractivity contribution is -0.284. The number of aliphatic hydroxyl groups is 4. The van der Waals surface area contributed by atoms with Crippen LogP contribution in [0.2, 0.25) is 0 Å². The van der Waals surface area contributed by atoms with Gasteiger partial charge in [0.1, 0.15) is 11.9 Å². The SMILES string of the molecule is CCc1cccc(C[C@H]2[C@@H](OC(=O)/C=C(\O)c3ccc(O)c(O)c3)[C@](OC(=O)/C=C/c3ccc(O)c(O)c3)([C@@H](O)NC)[C@H](O)C[C@]2(O)C(=O)O)c1. The molecular formula is C36H39NO14. The number of carboxylic acids is 1. The Kier molecular flexibility index (Phi) is 11.6. The second kappa shape index (κ2) is 15.5. The summed E-state index contributed by atoms with van der Waals surface area (Å²) in [7, 11) is 1.21. The number of likely N-dealkylation sites (N-methyl/N-ethyl adjacent to an activating group) is 1. The van der Waals surface area contributed by atoms with E-state index in [1.54, 1.807) is 24.3 Å². The predicted molar refractivity (Wildman–Crippen MR) is 179 cm³/mol. The molecule has 0 aromatic heterocycles. The molecule has 1 saturated carbocycles. The molecule has 6 atom stereocenters. The highest BCUT2D eigenvalue weighted by Gasteiger charge is 2.69. The molecule has 0 saturated heterocycles. The Bertz CT molecular complexity index is 1840. The highest BCUT2D eigenvalue weighted by atomic mass is 16.6. The number of ether oxygens (including phenoxy) is 2. The number of aliphatic carboxylic acids is 1. The van der Waals surface area contributed by atoms with Crippen LogP contribution in [0.1, 0.15) is 35.6 Å². The van der Waals surface area contributed by atoms with Gasteiger partial charge >= 0.3 is 17.9 Å². The van der Waals surface area contributed by atoms with E-state index in [0.29, 0.717) is 18.1 Å². The highest BCUT2D eigenvalue weighted by molar-refractivity contribution is 5.90. The summed E-state index contributed by atoms with van der Waals surface area (Å²) >= 11 is 0. The number of carbonyl (C=O) groups excluding carboxylic acids is 2. The third-order valence-corrected chi connectivity index (χ3v) is 8.83. The zero-order chi connectivity index (χ0) is 37.7. The van der Waals surface area contributed by atoms with Crippen molar-refractivity contribution < 1.29 is 69.8 Å². The van der Waals surface area contributed by atoms with Crippen LogP contribution in [0.25, 0.3) is 11.8 Å². The number of esters is 2. The zero-order valence-electron chi connectivity index (χ0n) is 27.5. The van der Waals surface area contributed by atoms with Crippen molar-refractivity contribution in [2.45, 2.75) is 55.8 Å². The Morgan fingerprint density at radius 2 is 1.57 bits per heavy atom. The Balaban J connectivity index is 1.87. The van der Waals surface area contributed by atoms with Crippen LogP contribution < -0.4 is 5.32 Å². The van der Waals surface area contributed by atoms with Crippen LogP contribution in [-0.4, -0.2) is 101 Å². The van der Waals surface area contributed by atoms with E-state index < -0.39 is 88.6 Å². The van der Waals surface area contributed by atoms with Crippen LogP contribution in [0, 0.1) is 5.92 Å².